The molecule has 2 unspecified atom stereocenters. The Morgan fingerprint density at radius 1 is 1.50 bits per heavy atom. The Labute approximate surface area is 116 Å². The van der Waals surface area contributed by atoms with Crippen molar-refractivity contribution in [3.05, 3.63) is 34.3 Å². The SMILES string of the molecule is CC1C(=O)NCCN1C(CN)c1ccc(Br)cc1. The minimum absolute atomic E-state index is 0.0804. The van der Waals surface area contributed by atoms with Gasteiger partial charge < -0.3 is 11.1 Å². The van der Waals surface area contributed by atoms with Crippen molar-refractivity contribution < 1.29 is 4.79 Å². The highest BCUT2D eigenvalue weighted by atomic mass is 79.9. The standard InChI is InChI=1S/C13H18BrN3O/c1-9-13(18)16-6-7-17(9)12(8-15)10-2-4-11(14)5-3-10/h2-5,9,12H,6-8,15H2,1H3,(H,16,18). The Balaban J connectivity index is 2.22. The summed E-state index contributed by atoms with van der Waals surface area (Å²) in [5.41, 5.74) is 7.05. The molecule has 18 heavy (non-hydrogen) atoms. The zero-order valence-corrected chi connectivity index (χ0v) is 12.0. The molecule has 1 aliphatic rings. The maximum absolute atomic E-state index is 11.7. The van der Waals surface area contributed by atoms with Crippen molar-refractivity contribution >= 4 is 21.8 Å². The number of nitrogens with one attached hydrogen (secondary N) is 1. The Bertz CT molecular complexity index is 421. The second kappa shape index (κ2) is 5.82. The lowest BCUT2D eigenvalue weighted by Gasteiger charge is -2.38. The van der Waals surface area contributed by atoms with E-state index in [1.165, 1.54) is 0 Å². The van der Waals surface area contributed by atoms with E-state index in [9.17, 15) is 4.79 Å². The van der Waals surface area contributed by atoms with E-state index in [4.69, 9.17) is 5.73 Å². The van der Waals surface area contributed by atoms with Gasteiger partial charge >= 0.3 is 0 Å². The lowest BCUT2D eigenvalue weighted by Crippen LogP contribution is -2.55. The Morgan fingerprint density at radius 3 is 2.78 bits per heavy atom. The fourth-order valence-electron chi connectivity index (χ4n) is 2.37. The number of rotatable bonds is 3. The van der Waals surface area contributed by atoms with Gasteiger partial charge in [0, 0.05) is 30.1 Å². The van der Waals surface area contributed by atoms with Crippen LogP contribution in [0.3, 0.4) is 0 Å². The average Bonchev–Trinajstić information content (AvgIpc) is 2.37. The first kappa shape index (κ1) is 13.5. The Hall–Kier alpha value is -0.910. The number of hydrogen-bond acceptors (Lipinski definition) is 3. The van der Waals surface area contributed by atoms with E-state index in [1.54, 1.807) is 0 Å². The monoisotopic (exact) mass is 311 g/mol. The summed E-state index contributed by atoms with van der Waals surface area (Å²) in [5.74, 6) is 0.0804. The summed E-state index contributed by atoms with van der Waals surface area (Å²) in [6, 6.07) is 8.09. The second-order valence-electron chi connectivity index (χ2n) is 4.51. The molecule has 1 aromatic rings. The van der Waals surface area contributed by atoms with Gasteiger partial charge in [0.05, 0.1) is 6.04 Å². The van der Waals surface area contributed by atoms with E-state index < -0.39 is 0 Å². The number of benzene rings is 1. The largest absolute Gasteiger partial charge is 0.353 e. The van der Waals surface area contributed by atoms with Gasteiger partial charge in [-0.15, -0.1) is 0 Å². The quantitative estimate of drug-likeness (QED) is 0.884. The first-order valence-electron chi connectivity index (χ1n) is 6.12. The molecule has 0 spiro atoms. The highest BCUT2D eigenvalue weighted by Crippen LogP contribution is 2.24. The van der Waals surface area contributed by atoms with Crippen molar-refractivity contribution in [2.24, 2.45) is 5.73 Å². The second-order valence-corrected chi connectivity index (χ2v) is 5.42. The normalized spacial score (nSPS) is 22.6. The molecule has 0 bridgehead atoms. The number of piperazine rings is 1. The maximum Gasteiger partial charge on any atom is 0.237 e. The molecule has 1 amide bonds. The number of nitrogens with two attached hydrogens (primary N) is 1. The summed E-state index contributed by atoms with van der Waals surface area (Å²) in [6.07, 6.45) is 0. The molecule has 5 heteroatoms. The smallest absolute Gasteiger partial charge is 0.237 e. The van der Waals surface area contributed by atoms with Crippen LogP contribution < -0.4 is 11.1 Å². The van der Waals surface area contributed by atoms with E-state index in [2.05, 4.69) is 38.3 Å². The summed E-state index contributed by atoms with van der Waals surface area (Å²) in [6.45, 7) is 3.97. The molecule has 2 atom stereocenters. The number of nitrogens with zero attached hydrogens (tertiary/aromatic N) is 1. The summed E-state index contributed by atoms with van der Waals surface area (Å²) in [4.78, 5) is 13.9. The van der Waals surface area contributed by atoms with Gasteiger partial charge in [-0.2, -0.15) is 0 Å². The number of halogens is 1. The Kier molecular flexibility index (Phi) is 4.37. The number of carbonyl (C=O) groups excluding carboxylic acids is 1. The first-order chi connectivity index (χ1) is 8.63. The molecule has 1 aliphatic heterocycles. The molecular weight excluding hydrogens is 294 g/mol. The molecule has 4 nitrogen and oxygen atoms in total. The van der Waals surface area contributed by atoms with Crippen LogP contribution in [0.25, 0.3) is 0 Å². The van der Waals surface area contributed by atoms with Crippen LogP contribution in [0.5, 0.6) is 0 Å². The van der Waals surface area contributed by atoms with Crippen molar-refractivity contribution in [1.29, 1.82) is 0 Å². The lowest BCUT2D eigenvalue weighted by atomic mass is 10.0. The molecule has 98 valence electrons. The van der Waals surface area contributed by atoms with Crippen LogP contribution in [0.1, 0.15) is 18.5 Å². The van der Waals surface area contributed by atoms with E-state index >= 15 is 0 Å². The van der Waals surface area contributed by atoms with Crippen LogP contribution in [0.4, 0.5) is 0 Å². The molecule has 2 rings (SSSR count). The fourth-order valence-corrected chi connectivity index (χ4v) is 2.64. The third-order valence-electron chi connectivity index (χ3n) is 3.42. The van der Waals surface area contributed by atoms with E-state index in [0.717, 1.165) is 16.6 Å². The van der Waals surface area contributed by atoms with Crippen LogP contribution in [-0.4, -0.2) is 36.5 Å². The zero-order valence-electron chi connectivity index (χ0n) is 10.4. The molecule has 1 fully saturated rings. The summed E-state index contributed by atoms with van der Waals surface area (Å²) >= 11 is 3.42. The van der Waals surface area contributed by atoms with Gasteiger partial charge in [-0.05, 0) is 24.6 Å². The van der Waals surface area contributed by atoms with Gasteiger partial charge in [0.2, 0.25) is 5.91 Å². The minimum Gasteiger partial charge on any atom is -0.353 e. The molecule has 0 saturated carbocycles. The highest BCUT2D eigenvalue weighted by Gasteiger charge is 2.31. The van der Waals surface area contributed by atoms with Gasteiger partial charge in [0.1, 0.15) is 0 Å². The van der Waals surface area contributed by atoms with E-state index in [-0.39, 0.29) is 18.0 Å². The third-order valence-corrected chi connectivity index (χ3v) is 3.95. The molecule has 1 aromatic carbocycles. The van der Waals surface area contributed by atoms with Crippen molar-refractivity contribution in [3.8, 4) is 0 Å². The summed E-state index contributed by atoms with van der Waals surface area (Å²) in [7, 11) is 0. The zero-order chi connectivity index (χ0) is 13.1. The van der Waals surface area contributed by atoms with Crippen molar-refractivity contribution in [1.82, 2.24) is 10.2 Å². The van der Waals surface area contributed by atoms with Gasteiger partial charge in [0.15, 0.2) is 0 Å². The molecule has 0 aliphatic carbocycles. The van der Waals surface area contributed by atoms with Gasteiger partial charge in [-0.3, -0.25) is 9.69 Å². The van der Waals surface area contributed by atoms with Crippen LogP contribution in [0.2, 0.25) is 0 Å². The van der Waals surface area contributed by atoms with Gasteiger partial charge in [0.25, 0.3) is 0 Å². The molecule has 0 aromatic heterocycles. The predicted octanol–water partition coefficient (Wildman–Crippen LogP) is 1.27. The summed E-state index contributed by atoms with van der Waals surface area (Å²) < 4.78 is 1.05. The van der Waals surface area contributed by atoms with Crippen molar-refractivity contribution in [3.63, 3.8) is 0 Å². The van der Waals surface area contributed by atoms with Crippen LogP contribution >= 0.6 is 15.9 Å². The molecular formula is C13H18BrN3O. The van der Waals surface area contributed by atoms with Crippen LogP contribution in [0.15, 0.2) is 28.7 Å². The lowest BCUT2D eigenvalue weighted by molar-refractivity contribution is -0.129. The topological polar surface area (TPSA) is 58.4 Å². The number of hydrogen-bond donors (Lipinski definition) is 2. The number of carbonyl (C=O) groups is 1. The van der Waals surface area contributed by atoms with Crippen molar-refractivity contribution in [2.45, 2.75) is 19.0 Å². The number of amides is 1. The fraction of sp³-hybridized carbons (Fsp3) is 0.462. The van der Waals surface area contributed by atoms with Crippen molar-refractivity contribution in [2.75, 3.05) is 19.6 Å². The molecule has 1 saturated heterocycles. The van der Waals surface area contributed by atoms with Gasteiger partial charge in [-0.25, -0.2) is 0 Å². The van der Waals surface area contributed by atoms with E-state index in [0.29, 0.717) is 13.1 Å². The van der Waals surface area contributed by atoms with Gasteiger partial charge in [-0.1, -0.05) is 28.1 Å². The van der Waals surface area contributed by atoms with Crippen LogP contribution in [0, 0.1) is 0 Å². The molecule has 1 heterocycles. The molecule has 3 N–H and O–H groups in total. The predicted molar refractivity (Wildman–Crippen MR) is 75.1 cm³/mol. The summed E-state index contributed by atoms with van der Waals surface area (Å²) in [5, 5.41) is 2.87. The van der Waals surface area contributed by atoms with E-state index in [1.807, 2.05) is 19.1 Å². The average molecular weight is 312 g/mol. The Morgan fingerprint density at radius 2 is 2.17 bits per heavy atom. The first-order valence-corrected chi connectivity index (χ1v) is 6.91. The third kappa shape index (κ3) is 2.74. The minimum atomic E-state index is -0.129. The van der Waals surface area contributed by atoms with Crippen LogP contribution in [-0.2, 0) is 4.79 Å². The maximum atomic E-state index is 11.7. The highest BCUT2D eigenvalue weighted by molar-refractivity contribution is 9.10. The molecule has 0 radical (unpaired) electrons.